The van der Waals surface area contributed by atoms with Gasteiger partial charge < -0.3 is 15.8 Å². The number of ether oxygens (including phenoxy) is 1. The maximum absolute atomic E-state index is 10.7. The van der Waals surface area contributed by atoms with Crippen molar-refractivity contribution in [3.8, 4) is 0 Å². The predicted octanol–water partition coefficient (Wildman–Crippen LogP) is 1.19. The van der Waals surface area contributed by atoms with E-state index in [1.54, 1.807) is 7.11 Å². The number of rotatable bonds is 7. The van der Waals surface area contributed by atoms with E-state index in [0.717, 1.165) is 12.1 Å². The molecule has 0 saturated carbocycles. The summed E-state index contributed by atoms with van der Waals surface area (Å²) in [7, 11) is 1.68. The number of carbonyl (C=O) groups excluding carboxylic acids is 1. The molecule has 1 atom stereocenters. The highest BCUT2D eigenvalue weighted by molar-refractivity contribution is 5.74. The van der Waals surface area contributed by atoms with E-state index >= 15 is 0 Å². The fraction of sp³-hybridized carbons (Fsp3) is 0.462. The van der Waals surface area contributed by atoms with Crippen LogP contribution in [0.1, 0.15) is 24.5 Å². The molecule has 0 aliphatic rings. The number of nitrogens with two attached hydrogens (primary N) is 1. The lowest BCUT2D eigenvalue weighted by Gasteiger charge is -2.12. The van der Waals surface area contributed by atoms with Crippen molar-refractivity contribution in [1.29, 1.82) is 0 Å². The Kier molecular flexibility index (Phi) is 5.66. The fourth-order valence-electron chi connectivity index (χ4n) is 1.59. The van der Waals surface area contributed by atoms with Gasteiger partial charge in [0.2, 0.25) is 5.91 Å². The summed E-state index contributed by atoms with van der Waals surface area (Å²) in [4.78, 5) is 10.7. The molecule has 0 aliphatic heterocycles. The van der Waals surface area contributed by atoms with Crippen molar-refractivity contribution >= 4 is 5.91 Å². The van der Waals surface area contributed by atoms with Gasteiger partial charge in [-0.2, -0.15) is 0 Å². The van der Waals surface area contributed by atoms with Crippen LogP contribution in [0.15, 0.2) is 24.3 Å². The van der Waals surface area contributed by atoms with Crippen molar-refractivity contribution in [3.63, 3.8) is 0 Å². The van der Waals surface area contributed by atoms with Gasteiger partial charge in [0.15, 0.2) is 0 Å². The summed E-state index contributed by atoms with van der Waals surface area (Å²) < 4.78 is 5.04. The monoisotopic (exact) mass is 236 g/mol. The van der Waals surface area contributed by atoms with Crippen LogP contribution >= 0.6 is 0 Å². The molecule has 0 aliphatic carbocycles. The molecule has 17 heavy (non-hydrogen) atoms. The molecular weight excluding hydrogens is 216 g/mol. The molecular formula is C13H20N2O2. The highest BCUT2D eigenvalue weighted by atomic mass is 16.5. The Labute approximate surface area is 102 Å². The second kappa shape index (κ2) is 7.04. The second-order valence-corrected chi connectivity index (χ2v) is 4.20. The highest BCUT2D eigenvalue weighted by Gasteiger charge is 2.04. The van der Waals surface area contributed by atoms with Crippen LogP contribution in [0.2, 0.25) is 0 Å². The predicted molar refractivity (Wildman–Crippen MR) is 67.3 cm³/mol. The second-order valence-electron chi connectivity index (χ2n) is 4.20. The van der Waals surface area contributed by atoms with Crippen LogP contribution < -0.4 is 11.1 Å². The fourth-order valence-corrected chi connectivity index (χ4v) is 1.59. The van der Waals surface area contributed by atoms with Crippen molar-refractivity contribution in [3.05, 3.63) is 35.4 Å². The molecule has 0 heterocycles. The molecule has 0 saturated heterocycles. The van der Waals surface area contributed by atoms with Gasteiger partial charge >= 0.3 is 0 Å². The Bertz CT molecular complexity index is 349. The van der Waals surface area contributed by atoms with Crippen LogP contribution in [0.25, 0.3) is 0 Å². The maximum Gasteiger partial charge on any atom is 0.218 e. The summed E-state index contributed by atoms with van der Waals surface area (Å²) in [5, 5.41) is 3.25. The normalized spacial score (nSPS) is 12.4. The zero-order valence-electron chi connectivity index (χ0n) is 10.4. The minimum Gasteiger partial charge on any atom is -0.380 e. The smallest absolute Gasteiger partial charge is 0.218 e. The van der Waals surface area contributed by atoms with Gasteiger partial charge in [-0.1, -0.05) is 24.3 Å². The zero-order valence-corrected chi connectivity index (χ0v) is 10.4. The Balaban J connectivity index is 2.38. The van der Waals surface area contributed by atoms with E-state index in [0.29, 0.717) is 13.0 Å². The number of amides is 1. The lowest BCUT2D eigenvalue weighted by Crippen LogP contribution is -2.30. The molecule has 1 amide bonds. The van der Waals surface area contributed by atoms with Crippen molar-refractivity contribution in [2.24, 2.45) is 5.73 Å². The standard InChI is InChI=1S/C13H20N2O2/c1-10(7-13(14)16)15-8-11-3-5-12(6-4-11)9-17-2/h3-6,10,15H,7-9H2,1-2H3,(H2,14,16). The first-order valence-corrected chi connectivity index (χ1v) is 5.70. The Hall–Kier alpha value is -1.39. The molecule has 0 aromatic heterocycles. The molecule has 1 rings (SSSR count). The first-order chi connectivity index (χ1) is 8.11. The number of carbonyl (C=O) groups is 1. The molecule has 94 valence electrons. The van der Waals surface area contributed by atoms with Gasteiger partial charge in [-0.05, 0) is 18.1 Å². The molecule has 1 aromatic rings. The molecule has 3 N–H and O–H groups in total. The number of nitrogens with one attached hydrogen (secondary N) is 1. The lowest BCUT2D eigenvalue weighted by molar-refractivity contribution is -0.118. The Morgan fingerprint density at radius 1 is 1.35 bits per heavy atom. The van der Waals surface area contributed by atoms with Gasteiger partial charge in [0.05, 0.1) is 6.61 Å². The average molecular weight is 236 g/mol. The highest BCUT2D eigenvalue weighted by Crippen LogP contribution is 2.05. The Morgan fingerprint density at radius 2 is 1.94 bits per heavy atom. The summed E-state index contributed by atoms with van der Waals surface area (Å²) in [6.07, 6.45) is 0.363. The van der Waals surface area contributed by atoms with Crippen LogP contribution in [0.4, 0.5) is 0 Å². The largest absolute Gasteiger partial charge is 0.380 e. The third kappa shape index (κ3) is 5.47. The molecule has 0 spiro atoms. The summed E-state index contributed by atoms with van der Waals surface area (Å²) >= 11 is 0. The zero-order chi connectivity index (χ0) is 12.7. The van der Waals surface area contributed by atoms with Gasteiger partial charge in [-0.3, -0.25) is 4.79 Å². The number of primary amides is 1. The van der Waals surface area contributed by atoms with E-state index in [2.05, 4.69) is 17.4 Å². The first kappa shape index (κ1) is 13.7. The van der Waals surface area contributed by atoms with Crippen LogP contribution in [0.3, 0.4) is 0 Å². The SMILES string of the molecule is COCc1ccc(CNC(C)CC(N)=O)cc1. The van der Waals surface area contributed by atoms with Gasteiger partial charge in [0, 0.05) is 26.1 Å². The molecule has 4 heteroatoms. The van der Waals surface area contributed by atoms with Crippen LogP contribution in [0, 0.1) is 0 Å². The summed E-state index contributed by atoms with van der Waals surface area (Å²) in [6, 6.07) is 8.29. The first-order valence-electron chi connectivity index (χ1n) is 5.70. The van der Waals surface area contributed by atoms with E-state index in [1.807, 2.05) is 19.1 Å². The van der Waals surface area contributed by atoms with E-state index in [-0.39, 0.29) is 11.9 Å². The van der Waals surface area contributed by atoms with Gasteiger partial charge in [-0.25, -0.2) is 0 Å². The molecule has 0 bridgehead atoms. The number of hydrogen-bond donors (Lipinski definition) is 2. The summed E-state index contributed by atoms with van der Waals surface area (Å²) in [6.45, 7) is 3.32. The number of hydrogen-bond acceptors (Lipinski definition) is 3. The van der Waals surface area contributed by atoms with Crippen molar-refractivity contribution < 1.29 is 9.53 Å². The van der Waals surface area contributed by atoms with Crippen molar-refractivity contribution in [2.75, 3.05) is 7.11 Å². The molecule has 0 fully saturated rings. The third-order valence-corrected chi connectivity index (χ3v) is 2.50. The average Bonchev–Trinajstić information content (AvgIpc) is 2.28. The molecule has 1 unspecified atom stereocenters. The minimum absolute atomic E-state index is 0.103. The molecule has 0 radical (unpaired) electrons. The Morgan fingerprint density at radius 3 is 2.47 bits per heavy atom. The summed E-state index contributed by atoms with van der Waals surface area (Å²) in [5.74, 6) is -0.277. The van der Waals surface area contributed by atoms with Crippen molar-refractivity contribution in [1.82, 2.24) is 5.32 Å². The van der Waals surface area contributed by atoms with Crippen LogP contribution in [-0.2, 0) is 22.7 Å². The lowest BCUT2D eigenvalue weighted by atomic mass is 10.1. The summed E-state index contributed by atoms with van der Waals surface area (Å²) in [5.41, 5.74) is 7.46. The van der Waals surface area contributed by atoms with Crippen LogP contribution in [-0.4, -0.2) is 19.1 Å². The van der Waals surface area contributed by atoms with E-state index in [4.69, 9.17) is 10.5 Å². The van der Waals surface area contributed by atoms with Crippen molar-refractivity contribution in [2.45, 2.75) is 32.5 Å². The molecule has 1 aromatic carbocycles. The topological polar surface area (TPSA) is 64.3 Å². The van der Waals surface area contributed by atoms with Gasteiger partial charge in [0.1, 0.15) is 0 Å². The van der Waals surface area contributed by atoms with Gasteiger partial charge in [0.25, 0.3) is 0 Å². The quantitative estimate of drug-likeness (QED) is 0.747. The third-order valence-electron chi connectivity index (χ3n) is 2.50. The van der Waals surface area contributed by atoms with E-state index in [9.17, 15) is 4.79 Å². The number of benzene rings is 1. The van der Waals surface area contributed by atoms with Gasteiger partial charge in [-0.15, -0.1) is 0 Å². The number of methoxy groups -OCH3 is 1. The minimum atomic E-state index is -0.277. The maximum atomic E-state index is 10.7. The van der Waals surface area contributed by atoms with E-state index in [1.165, 1.54) is 5.56 Å². The van der Waals surface area contributed by atoms with E-state index < -0.39 is 0 Å². The van der Waals surface area contributed by atoms with Crippen LogP contribution in [0.5, 0.6) is 0 Å². The molecule has 4 nitrogen and oxygen atoms in total.